The van der Waals surface area contributed by atoms with Crippen LogP contribution in [0.5, 0.6) is 0 Å². The van der Waals surface area contributed by atoms with Gasteiger partial charge in [-0.25, -0.2) is 9.78 Å². The average Bonchev–Trinajstić information content (AvgIpc) is 3.32. The molecule has 0 saturated heterocycles. The molecule has 0 aliphatic rings. The first-order valence-electron chi connectivity index (χ1n) is 9.95. The second-order valence-electron chi connectivity index (χ2n) is 7.22. The summed E-state index contributed by atoms with van der Waals surface area (Å²) < 4.78 is 13.0. The van der Waals surface area contributed by atoms with Gasteiger partial charge in [0.15, 0.2) is 10.9 Å². The van der Waals surface area contributed by atoms with Crippen molar-refractivity contribution in [2.24, 2.45) is 0 Å². The van der Waals surface area contributed by atoms with Crippen LogP contribution in [0.15, 0.2) is 38.9 Å². The number of carbonyl (C=O) groups is 2. The number of esters is 1. The molecule has 0 atom stereocenters. The number of benzene rings is 1. The fourth-order valence-electron chi connectivity index (χ4n) is 3.25. The molecule has 0 saturated carbocycles. The van der Waals surface area contributed by atoms with Gasteiger partial charge in [-0.05, 0) is 32.9 Å². The minimum atomic E-state index is -0.809. The Balaban J connectivity index is 1.78. The van der Waals surface area contributed by atoms with Gasteiger partial charge in [-0.2, -0.15) is 0 Å². The van der Waals surface area contributed by atoms with E-state index in [2.05, 4.69) is 4.98 Å². The zero-order valence-corrected chi connectivity index (χ0v) is 20.2. The molecule has 2 aromatic heterocycles. The van der Waals surface area contributed by atoms with E-state index in [0.29, 0.717) is 28.0 Å². The third kappa shape index (κ3) is 5.86. The molecule has 0 bridgehead atoms. The molecule has 0 radical (unpaired) electrons. The summed E-state index contributed by atoms with van der Waals surface area (Å²) >= 11 is 2.62. The van der Waals surface area contributed by atoms with Crippen LogP contribution < -0.4 is 0 Å². The minimum absolute atomic E-state index is 0.0143. The van der Waals surface area contributed by atoms with Gasteiger partial charge < -0.3 is 14.0 Å². The van der Waals surface area contributed by atoms with E-state index in [1.165, 1.54) is 35.2 Å². The van der Waals surface area contributed by atoms with Crippen molar-refractivity contribution in [1.29, 1.82) is 0 Å². The molecule has 174 valence electrons. The third-order valence-corrected chi connectivity index (χ3v) is 7.05. The lowest BCUT2D eigenvalue weighted by Gasteiger charge is -2.10. The van der Waals surface area contributed by atoms with E-state index in [0.717, 1.165) is 23.1 Å². The number of ether oxygens (including phenoxy) is 2. The van der Waals surface area contributed by atoms with Crippen LogP contribution in [0.3, 0.4) is 0 Å². The smallest absolute Gasteiger partial charge is 0.339 e. The Morgan fingerprint density at radius 3 is 2.61 bits per heavy atom. The van der Waals surface area contributed by atoms with Crippen LogP contribution in [-0.4, -0.2) is 46.6 Å². The summed E-state index contributed by atoms with van der Waals surface area (Å²) in [7, 11) is 1.61. The first-order valence-corrected chi connectivity index (χ1v) is 11.6. The summed E-state index contributed by atoms with van der Waals surface area (Å²) in [6.45, 7) is 6.19. The standard InChI is InChI=1S/C22H23N3O6S2/c1-13-12-32-22(23-13)33-20-6-5-16(25(28)29)10-18(20)21(27)31-11-19(26)17-9-14(2)24(15(17)3)7-8-30-4/h5-6,9-10,12H,7-8,11H2,1-4H3. The lowest BCUT2D eigenvalue weighted by molar-refractivity contribution is -0.384. The number of hydrogen-bond donors (Lipinski definition) is 0. The monoisotopic (exact) mass is 489 g/mol. The molecule has 9 nitrogen and oxygen atoms in total. The van der Waals surface area contributed by atoms with Gasteiger partial charge in [0, 0.05) is 58.7 Å². The number of hydrogen-bond acceptors (Lipinski definition) is 9. The van der Waals surface area contributed by atoms with Crippen LogP contribution in [0.2, 0.25) is 0 Å². The van der Waals surface area contributed by atoms with E-state index in [9.17, 15) is 19.7 Å². The van der Waals surface area contributed by atoms with Gasteiger partial charge >= 0.3 is 5.97 Å². The fraction of sp³-hybridized carbons (Fsp3) is 0.318. The predicted molar refractivity (Wildman–Crippen MR) is 124 cm³/mol. The van der Waals surface area contributed by atoms with Crippen molar-refractivity contribution in [1.82, 2.24) is 9.55 Å². The van der Waals surface area contributed by atoms with Crippen molar-refractivity contribution in [2.45, 2.75) is 36.6 Å². The molecule has 1 aromatic carbocycles. The highest BCUT2D eigenvalue weighted by Crippen LogP contribution is 2.34. The largest absolute Gasteiger partial charge is 0.454 e. The average molecular weight is 490 g/mol. The van der Waals surface area contributed by atoms with E-state index < -0.39 is 17.5 Å². The first-order chi connectivity index (χ1) is 15.7. The normalized spacial score (nSPS) is 10.9. The van der Waals surface area contributed by atoms with Gasteiger partial charge in [0.25, 0.3) is 5.69 Å². The number of aromatic nitrogens is 2. The van der Waals surface area contributed by atoms with Crippen LogP contribution in [-0.2, 0) is 16.0 Å². The highest BCUT2D eigenvalue weighted by Gasteiger charge is 2.22. The number of carbonyl (C=O) groups excluding carboxylic acids is 2. The van der Waals surface area contributed by atoms with E-state index >= 15 is 0 Å². The second kappa shape index (κ2) is 10.7. The summed E-state index contributed by atoms with van der Waals surface area (Å²) in [5.41, 5.74) is 2.73. The SMILES string of the molecule is COCCn1c(C)cc(C(=O)COC(=O)c2cc([N+](=O)[O-])ccc2Sc2nc(C)cs2)c1C. The molecule has 2 heterocycles. The van der Waals surface area contributed by atoms with E-state index in [1.807, 2.05) is 30.7 Å². The molecule has 0 fully saturated rings. The van der Waals surface area contributed by atoms with Gasteiger partial charge in [-0.15, -0.1) is 11.3 Å². The summed E-state index contributed by atoms with van der Waals surface area (Å²) in [6.07, 6.45) is 0. The first kappa shape index (κ1) is 24.6. The van der Waals surface area contributed by atoms with Crippen LogP contribution in [0, 0.1) is 30.9 Å². The Morgan fingerprint density at radius 2 is 1.97 bits per heavy atom. The van der Waals surface area contributed by atoms with Crippen LogP contribution in [0.1, 0.15) is 37.8 Å². The summed E-state index contributed by atoms with van der Waals surface area (Å²) in [4.78, 5) is 41.0. The Bertz CT molecular complexity index is 1200. The Kier molecular flexibility index (Phi) is 8.01. The number of methoxy groups -OCH3 is 1. The number of ketones is 1. The van der Waals surface area contributed by atoms with Crippen LogP contribution in [0.25, 0.3) is 0 Å². The van der Waals surface area contributed by atoms with Gasteiger partial charge in [0.05, 0.1) is 17.1 Å². The number of non-ortho nitro benzene ring substituents is 1. The Labute approximate surface area is 198 Å². The number of rotatable bonds is 10. The zero-order valence-electron chi connectivity index (χ0n) is 18.6. The summed E-state index contributed by atoms with van der Waals surface area (Å²) in [5.74, 6) is -1.16. The number of nitrogens with zero attached hydrogens (tertiary/aromatic N) is 3. The highest BCUT2D eigenvalue weighted by atomic mass is 32.2. The molecule has 0 unspecified atom stereocenters. The van der Waals surface area contributed by atoms with E-state index in [4.69, 9.17) is 9.47 Å². The Morgan fingerprint density at radius 1 is 1.21 bits per heavy atom. The van der Waals surface area contributed by atoms with Gasteiger partial charge in [0.1, 0.15) is 0 Å². The van der Waals surface area contributed by atoms with Crippen molar-refractivity contribution < 1.29 is 24.0 Å². The van der Waals surface area contributed by atoms with Crippen molar-refractivity contribution in [3.05, 3.63) is 68.0 Å². The maximum Gasteiger partial charge on any atom is 0.339 e. The van der Waals surface area contributed by atoms with Gasteiger partial charge in [0.2, 0.25) is 5.78 Å². The zero-order chi connectivity index (χ0) is 24.1. The summed E-state index contributed by atoms with van der Waals surface area (Å²) in [6, 6.07) is 5.72. The lowest BCUT2D eigenvalue weighted by Crippen LogP contribution is -2.16. The molecule has 0 N–H and O–H groups in total. The lowest BCUT2D eigenvalue weighted by atomic mass is 10.1. The molecule has 11 heteroatoms. The summed E-state index contributed by atoms with van der Waals surface area (Å²) in [5, 5.41) is 13.1. The number of nitro benzene ring substituents is 1. The topological polar surface area (TPSA) is 114 Å². The quantitative estimate of drug-likeness (QED) is 0.175. The van der Waals surface area contributed by atoms with Crippen LogP contribution >= 0.6 is 23.1 Å². The number of nitro groups is 1. The number of Topliss-reactive ketones (excluding diaryl/α,β-unsaturated/α-hetero) is 1. The minimum Gasteiger partial charge on any atom is -0.454 e. The predicted octanol–water partition coefficient (Wildman–Crippen LogP) is 4.62. The Hall–Kier alpha value is -3.02. The van der Waals surface area contributed by atoms with Crippen molar-refractivity contribution in [3.63, 3.8) is 0 Å². The van der Waals surface area contributed by atoms with Crippen molar-refractivity contribution in [3.8, 4) is 0 Å². The van der Waals surface area contributed by atoms with Crippen LogP contribution in [0.4, 0.5) is 5.69 Å². The molecule has 0 spiro atoms. The molecule has 0 aliphatic carbocycles. The number of thiazole rings is 1. The molecule has 0 amide bonds. The maximum atomic E-state index is 12.8. The second-order valence-corrected chi connectivity index (χ2v) is 9.37. The van der Waals surface area contributed by atoms with E-state index in [1.54, 1.807) is 13.2 Å². The molecule has 3 rings (SSSR count). The third-order valence-electron chi connectivity index (χ3n) is 4.92. The highest BCUT2D eigenvalue weighted by molar-refractivity contribution is 8.01. The molecular weight excluding hydrogens is 466 g/mol. The number of aryl methyl sites for hydroxylation is 2. The van der Waals surface area contributed by atoms with Gasteiger partial charge in [-0.3, -0.25) is 14.9 Å². The molecular formula is C22H23N3O6S2. The maximum absolute atomic E-state index is 12.8. The van der Waals surface area contributed by atoms with E-state index in [-0.39, 0.29) is 17.0 Å². The molecule has 0 aliphatic heterocycles. The van der Waals surface area contributed by atoms with Gasteiger partial charge in [-0.1, -0.05) is 11.8 Å². The van der Waals surface area contributed by atoms with Crippen molar-refractivity contribution >= 4 is 40.5 Å². The fourth-order valence-corrected chi connectivity index (χ4v) is 5.14. The van der Waals surface area contributed by atoms with Crippen molar-refractivity contribution in [2.75, 3.05) is 20.3 Å². The molecule has 3 aromatic rings. The molecule has 33 heavy (non-hydrogen) atoms.